The molecule has 0 saturated heterocycles. The minimum absolute atomic E-state index is 0.0398. The fraction of sp³-hybridized carbons (Fsp3) is 0.0870. The van der Waals surface area contributed by atoms with Crippen molar-refractivity contribution in [2.24, 2.45) is 0 Å². The number of benzene rings is 3. The zero-order valence-corrected chi connectivity index (χ0v) is 18.7. The number of ether oxygens (including phenoxy) is 1. The molecule has 0 unspecified atom stereocenters. The summed E-state index contributed by atoms with van der Waals surface area (Å²) in [7, 11) is 0. The summed E-state index contributed by atoms with van der Waals surface area (Å²) in [6.45, 7) is -2.83. The highest BCUT2D eigenvalue weighted by Crippen LogP contribution is 2.34. The van der Waals surface area contributed by atoms with E-state index in [0.29, 0.717) is 28.0 Å². The van der Waals surface area contributed by atoms with Crippen molar-refractivity contribution in [2.45, 2.75) is 13.2 Å². The molecule has 4 aromatic rings. The van der Waals surface area contributed by atoms with Gasteiger partial charge in [-0.3, -0.25) is 4.79 Å². The van der Waals surface area contributed by atoms with Crippen molar-refractivity contribution in [1.82, 2.24) is 9.97 Å². The van der Waals surface area contributed by atoms with Gasteiger partial charge < -0.3 is 20.5 Å². The fourth-order valence-electron chi connectivity index (χ4n) is 3.28. The number of anilines is 2. The van der Waals surface area contributed by atoms with E-state index < -0.39 is 12.5 Å². The first-order chi connectivity index (χ1) is 16.3. The van der Waals surface area contributed by atoms with Crippen LogP contribution >= 0.6 is 23.2 Å². The van der Waals surface area contributed by atoms with Crippen LogP contribution in [0.3, 0.4) is 0 Å². The van der Waals surface area contributed by atoms with Crippen LogP contribution in [0.1, 0.15) is 15.9 Å². The molecule has 1 amide bonds. The summed E-state index contributed by atoms with van der Waals surface area (Å²) < 4.78 is 30.0. The molecule has 0 spiro atoms. The van der Waals surface area contributed by atoms with Crippen molar-refractivity contribution in [2.75, 3.05) is 10.6 Å². The van der Waals surface area contributed by atoms with Gasteiger partial charge >= 0.3 is 6.61 Å². The molecular formula is C23H16Cl2F2N4O3. The van der Waals surface area contributed by atoms with Gasteiger partial charge in [-0.1, -0.05) is 47.5 Å². The lowest BCUT2D eigenvalue weighted by atomic mass is 10.1. The summed E-state index contributed by atoms with van der Waals surface area (Å²) in [6.07, 6.45) is 1.34. The lowest BCUT2D eigenvalue weighted by molar-refractivity contribution is -0.0504. The Kier molecular flexibility index (Phi) is 6.95. The molecule has 174 valence electrons. The predicted molar refractivity (Wildman–Crippen MR) is 126 cm³/mol. The monoisotopic (exact) mass is 504 g/mol. The molecule has 0 atom stereocenters. The van der Waals surface area contributed by atoms with Gasteiger partial charge in [0.05, 0.1) is 26.6 Å². The lowest BCUT2D eigenvalue weighted by Crippen LogP contribution is -2.13. The quantitative estimate of drug-likeness (QED) is 0.281. The Hall–Kier alpha value is -3.69. The van der Waals surface area contributed by atoms with E-state index in [1.54, 1.807) is 36.4 Å². The van der Waals surface area contributed by atoms with Crippen LogP contribution in [0.15, 0.2) is 60.9 Å². The van der Waals surface area contributed by atoms with Gasteiger partial charge in [0.2, 0.25) is 0 Å². The second kappa shape index (κ2) is 10.1. The second-order valence-corrected chi connectivity index (χ2v) is 7.82. The van der Waals surface area contributed by atoms with Gasteiger partial charge in [0.1, 0.15) is 17.9 Å². The molecule has 0 aliphatic heterocycles. The van der Waals surface area contributed by atoms with Crippen molar-refractivity contribution >= 4 is 51.5 Å². The van der Waals surface area contributed by atoms with Crippen LogP contribution in [0.25, 0.3) is 10.9 Å². The number of halogens is 4. The number of aromatic nitrogens is 2. The number of phenolic OH excluding ortho intramolecular Hbond substituents is 1. The molecule has 7 nitrogen and oxygen atoms in total. The highest BCUT2D eigenvalue weighted by molar-refractivity contribution is 6.37. The molecule has 1 aromatic heterocycles. The molecule has 11 heteroatoms. The van der Waals surface area contributed by atoms with Crippen molar-refractivity contribution in [3.05, 3.63) is 82.1 Å². The van der Waals surface area contributed by atoms with Gasteiger partial charge in [-0.05, 0) is 30.3 Å². The van der Waals surface area contributed by atoms with Crippen molar-refractivity contribution < 1.29 is 23.4 Å². The molecule has 3 aromatic carbocycles. The smallest absolute Gasteiger partial charge is 0.387 e. The van der Waals surface area contributed by atoms with Gasteiger partial charge in [0.25, 0.3) is 5.91 Å². The third kappa shape index (κ3) is 5.11. The Bertz CT molecular complexity index is 1340. The number of nitrogens with one attached hydrogen (secondary N) is 2. The average molecular weight is 505 g/mol. The van der Waals surface area contributed by atoms with Crippen molar-refractivity contribution in [1.29, 1.82) is 0 Å². The number of rotatable bonds is 7. The third-order valence-corrected chi connectivity index (χ3v) is 5.40. The number of amides is 1. The highest BCUT2D eigenvalue weighted by Gasteiger charge is 2.16. The lowest BCUT2D eigenvalue weighted by Gasteiger charge is -2.15. The molecule has 0 aliphatic rings. The van der Waals surface area contributed by atoms with Crippen LogP contribution in [0.2, 0.25) is 10.0 Å². The molecule has 0 bridgehead atoms. The van der Waals surface area contributed by atoms with E-state index in [2.05, 4.69) is 25.3 Å². The highest BCUT2D eigenvalue weighted by atomic mass is 35.5. The predicted octanol–water partition coefficient (Wildman–Crippen LogP) is 6.11. The molecule has 1 heterocycles. The zero-order chi connectivity index (χ0) is 24.2. The summed E-state index contributed by atoms with van der Waals surface area (Å²) in [5.41, 5.74) is 1.55. The van der Waals surface area contributed by atoms with E-state index in [4.69, 9.17) is 23.2 Å². The Labute approximate surface area is 202 Å². The first-order valence-corrected chi connectivity index (χ1v) is 10.6. The summed E-state index contributed by atoms with van der Waals surface area (Å²) in [5, 5.41) is 16.0. The first-order valence-electron chi connectivity index (χ1n) is 9.83. The number of nitrogens with zero attached hydrogens (tertiary/aromatic N) is 2. The Morgan fingerprint density at radius 2 is 1.79 bits per heavy atom. The summed E-state index contributed by atoms with van der Waals surface area (Å²) in [5.74, 6) is -0.435. The molecule has 0 saturated carbocycles. The van der Waals surface area contributed by atoms with E-state index in [-0.39, 0.29) is 33.7 Å². The zero-order valence-electron chi connectivity index (χ0n) is 17.2. The van der Waals surface area contributed by atoms with Crippen LogP contribution in [-0.2, 0) is 6.54 Å². The van der Waals surface area contributed by atoms with Crippen molar-refractivity contribution in [3.63, 3.8) is 0 Å². The number of hydrogen-bond acceptors (Lipinski definition) is 6. The van der Waals surface area contributed by atoms with Gasteiger partial charge in [-0.25, -0.2) is 9.97 Å². The maximum Gasteiger partial charge on any atom is 0.387 e. The molecule has 3 N–H and O–H groups in total. The van der Waals surface area contributed by atoms with E-state index in [9.17, 15) is 18.7 Å². The number of hydrogen-bond donors (Lipinski definition) is 3. The number of phenols is 1. The number of carbonyl (C=O) groups is 1. The molecule has 0 aliphatic carbocycles. The maximum absolute atomic E-state index is 12.9. The van der Waals surface area contributed by atoms with Crippen LogP contribution in [0.4, 0.5) is 20.3 Å². The minimum Gasteiger partial charge on any atom is -0.505 e. The summed E-state index contributed by atoms with van der Waals surface area (Å²) in [6, 6.07) is 14.1. The standard InChI is InChI=1S/C23H16Cl2F2N4O3/c24-14-8-13(9-15(25)20(14)32)22(33)31-17-6-3-5-16-19(17)21(30-11-29-16)28-10-12-4-1-2-7-18(12)34-23(26)27/h1-9,11,23,32H,10H2,(H,31,33)(H,28,29,30). The van der Waals surface area contributed by atoms with E-state index in [1.165, 1.54) is 24.5 Å². The van der Waals surface area contributed by atoms with Crippen molar-refractivity contribution in [3.8, 4) is 11.5 Å². The molecular weight excluding hydrogens is 489 g/mol. The topological polar surface area (TPSA) is 96.4 Å². The second-order valence-electron chi connectivity index (χ2n) is 7.00. The Balaban J connectivity index is 1.64. The number of aromatic hydroxyl groups is 1. The average Bonchev–Trinajstić information content (AvgIpc) is 2.81. The molecule has 34 heavy (non-hydrogen) atoms. The number of fused-ring (bicyclic) bond motifs is 1. The fourth-order valence-corrected chi connectivity index (χ4v) is 3.77. The number of carbonyl (C=O) groups excluding carboxylic acids is 1. The Morgan fingerprint density at radius 3 is 2.53 bits per heavy atom. The summed E-state index contributed by atoms with van der Waals surface area (Å²) >= 11 is 11.9. The molecule has 0 fully saturated rings. The Morgan fingerprint density at radius 1 is 1.06 bits per heavy atom. The van der Waals surface area contributed by atoms with Gasteiger partial charge in [0, 0.05) is 17.7 Å². The SMILES string of the molecule is O=C(Nc1cccc2ncnc(NCc3ccccc3OC(F)F)c12)c1cc(Cl)c(O)c(Cl)c1. The minimum atomic E-state index is -2.95. The first kappa shape index (κ1) is 23.5. The third-order valence-electron chi connectivity index (χ3n) is 4.83. The van der Waals surface area contributed by atoms with E-state index >= 15 is 0 Å². The normalized spacial score (nSPS) is 11.0. The van der Waals surface area contributed by atoms with Crippen LogP contribution < -0.4 is 15.4 Å². The van der Waals surface area contributed by atoms with Crippen LogP contribution in [0.5, 0.6) is 11.5 Å². The van der Waals surface area contributed by atoms with Crippen LogP contribution in [-0.4, -0.2) is 27.6 Å². The molecule has 4 rings (SSSR count). The summed E-state index contributed by atoms with van der Waals surface area (Å²) in [4.78, 5) is 21.3. The van der Waals surface area contributed by atoms with Gasteiger partial charge in [-0.2, -0.15) is 8.78 Å². The molecule has 0 radical (unpaired) electrons. The maximum atomic E-state index is 12.9. The van der Waals surface area contributed by atoms with Gasteiger partial charge in [0.15, 0.2) is 5.75 Å². The van der Waals surface area contributed by atoms with Gasteiger partial charge in [-0.15, -0.1) is 0 Å². The van der Waals surface area contributed by atoms with Crippen LogP contribution in [0, 0.1) is 0 Å². The largest absolute Gasteiger partial charge is 0.505 e. The van der Waals surface area contributed by atoms with E-state index in [0.717, 1.165) is 0 Å². The number of alkyl halides is 2. The van der Waals surface area contributed by atoms with E-state index in [1.807, 2.05) is 0 Å². The number of para-hydroxylation sites is 1.